The summed E-state index contributed by atoms with van der Waals surface area (Å²) in [6.07, 6.45) is -0.816. The molecule has 7 nitrogen and oxygen atoms in total. The number of aromatic nitrogens is 2. The van der Waals surface area contributed by atoms with Crippen LogP contribution in [0.25, 0.3) is 11.5 Å². The summed E-state index contributed by atoms with van der Waals surface area (Å²) in [5.41, 5.74) is 1.31. The fraction of sp³-hybridized carbons (Fsp3) is 0.286. The van der Waals surface area contributed by atoms with Crippen molar-refractivity contribution >= 4 is 5.97 Å². The predicted molar refractivity (Wildman–Crippen MR) is 102 cm³/mol. The molecular formula is C21H21FN2O5. The van der Waals surface area contributed by atoms with Gasteiger partial charge in [-0.1, -0.05) is 23.4 Å². The number of hydrogen-bond acceptors (Lipinski definition) is 6. The Morgan fingerprint density at radius 3 is 2.62 bits per heavy atom. The molecule has 0 aliphatic heterocycles. The molecule has 1 unspecified atom stereocenters. The average Bonchev–Trinajstić information content (AvgIpc) is 3.15. The zero-order valence-electron chi connectivity index (χ0n) is 16.0. The molecule has 0 aliphatic rings. The molecule has 0 aliphatic carbocycles. The number of carboxylic acids is 1. The Bertz CT molecular complexity index is 956. The Morgan fingerprint density at radius 2 is 1.97 bits per heavy atom. The van der Waals surface area contributed by atoms with Gasteiger partial charge in [-0.15, -0.1) is 0 Å². The molecule has 0 spiro atoms. The molecule has 0 bridgehead atoms. The second kappa shape index (κ2) is 9.29. The zero-order valence-corrected chi connectivity index (χ0v) is 16.0. The number of hydrogen-bond donors (Lipinski definition) is 1. The minimum Gasteiger partial charge on any atom is -0.485 e. The van der Waals surface area contributed by atoms with Crippen LogP contribution >= 0.6 is 0 Å². The highest BCUT2D eigenvalue weighted by Crippen LogP contribution is 2.19. The average molecular weight is 400 g/mol. The molecule has 3 rings (SSSR count). The standard InChI is InChI=1S/C21H21FN2O5/c1-13(2)28-18(21(25)26)10-14-6-8-17(9-7-14)27-12-19-23-20(29-24-19)15-4-3-5-16(22)11-15/h3-9,11,13,18H,10,12H2,1-2H3,(H,25,26). The Hall–Kier alpha value is -3.26. The molecule has 1 N–H and O–H groups in total. The van der Waals surface area contributed by atoms with Gasteiger partial charge in [0.05, 0.1) is 6.10 Å². The fourth-order valence-electron chi connectivity index (χ4n) is 2.66. The number of rotatable bonds is 9. The van der Waals surface area contributed by atoms with Gasteiger partial charge in [-0.3, -0.25) is 0 Å². The van der Waals surface area contributed by atoms with Crippen molar-refractivity contribution in [3.8, 4) is 17.2 Å². The first kappa shape index (κ1) is 20.5. The molecule has 2 aromatic carbocycles. The zero-order chi connectivity index (χ0) is 20.8. The van der Waals surface area contributed by atoms with Crippen molar-refractivity contribution in [1.82, 2.24) is 10.1 Å². The number of carbonyl (C=O) groups is 1. The monoisotopic (exact) mass is 400 g/mol. The third-order valence-electron chi connectivity index (χ3n) is 3.96. The third-order valence-corrected chi connectivity index (χ3v) is 3.96. The summed E-state index contributed by atoms with van der Waals surface area (Å²) in [6.45, 7) is 3.67. The number of nitrogens with zero attached hydrogens (tertiary/aromatic N) is 2. The molecule has 1 aromatic heterocycles. The van der Waals surface area contributed by atoms with E-state index in [0.717, 1.165) is 5.56 Å². The number of ether oxygens (including phenoxy) is 2. The van der Waals surface area contributed by atoms with Crippen LogP contribution < -0.4 is 4.74 Å². The van der Waals surface area contributed by atoms with E-state index in [1.807, 2.05) is 0 Å². The molecule has 0 saturated heterocycles. The van der Waals surface area contributed by atoms with Gasteiger partial charge >= 0.3 is 5.97 Å². The molecule has 3 aromatic rings. The largest absolute Gasteiger partial charge is 0.485 e. The van der Waals surface area contributed by atoms with Gasteiger partial charge in [0.25, 0.3) is 5.89 Å². The molecule has 1 heterocycles. The molecular weight excluding hydrogens is 379 g/mol. The lowest BCUT2D eigenvalue weighted by Gasteiger charge is -2.16. The Kier molecular flexibility index (Phi) is 6.56. The summed E-state index contributed by atoms with van der Waals surface area (Å²) in [4.78, 5) is 15.5. The van der Waals surface area contributed by atoms with Gasteiger partial charge in [0.2, 0.25) is 5.82 Å². The van der Waals surface area contributed by atoms with Crippen molar-refractivity contribution in [2.24, 2.45) is 0 Å². The third kappa shape index (κ3) is 5.86. The van der Waals surface area contributed by atoms with Crippen molar-refractivity contribution in [2.75, 3.05) is 0 Å². The lowest BCUT2D eigenvalue weighted by molar-refractivity contribution is -0.153. The van der Waals surface area contributed by atoms with Gasteiger partial charge in [-0.05, 0) is 49.7 Å². The Balaban J connectivity index is 1.57. The van der Waals surface area contributed by atoms with Crippen LogP contribution in [0, 0.1) is 5.82 Å². The highest BCUT2D eigenvalue weighted by Gasteiger charge is 2.20. The van der Waals surface area contributed by atoms with E-state index in [0.29, 0.717) is 17.1 Å². The quantitative estimate of drug-likeness (QED) is 0.582. The van der Waals surface area contributed by atoms with Crippen LogP contribution in [0.5, 0.6) is 5.75 Å². The van der Waals surface area contributed by atoms with Crippen LogP contribution in [-0.4, -0.2) is 33.4 Å². The highest BCUT2D eigenvalue weighted by molar-refractivity contribution is 5.72. The van der Waals surface area contributed by atoms with Crippen LogP contribution in [0.1, 0.15) is 25.2 Å². The van der Waals surface area contributed by atoms with Gasteiger partial charge in [-0.25, -0.2) is 9.18 Å². The summed E-state index contributed by atoms with van der Waals surface area (Å²) < 4.78 is 29.5. The van der Waals surface area contributed by atoms with Crippen molar-refractivity contribution in [3.05, 3.63) is 65.7 Å². The molecule has 152 valence electrons. The van der Waals surface area contributed by atoms with Gasteiger partial charge in [-0.2, -0.15) is 4.98 Å². The van der Waals surface area contributed by atoms with E-state index in [1.165, 1.54) is 12.1 Å². The maximum absolute atomic E-state index is 13.3. The number of aliphatic carboxylic acids is 1. The smallest absolute Gasteiger partial charge is 0.333 e. The molecule has 29 heavy (non-hydrogen) atoms. The fourth-order valence-corrected chi connectivity index (χ4v) is 2.66. The second-order valence-corrected chi connectivity index (χ2v) is 6.67. The first-order chi connectivity index (χ1) is 13.9. The maximum atomic E-state index is 13.3. The van der Waals surface area contributed by atoms with E-state index in [-0.39, 0.29) is 30.8 Å². The normalized spacial score (nSPS) is 12.1. The van der Waals surface area contributed by atoms with Gasteiger partial charge in [0.15, 0.2) is 12.7 Å². The summed E-state index contributed by atoms with van der Waals surface area (Å²) in [5, 5.41) is 13.1. The lowest BCUT2D eigenvalue weighted by Crippen LogP contribution is -2.29. The van der Waals surface area contributed by atoms with E-state index in [9.17, 15) is 14.3 Å². The van der Waals surface area contributed by atoms with Crippen molar-refractivity contribution in [3.63, 3.8) is 0 Å². The van der Waals surface area contributed by atoms with Gasteiger partial charge in [0, 0.05) is 12.0 Å². The van der Waals surface area contributed by atoms with E-state index >= 15 is 0 Å². The van der Waals surface area contributed by atoms with Crippen LogP contribution in [0.2, 0.25) is 0 Å². The maximum Gasteiger partial charge on any atom is 0.333 e. The molecule has 8 heteroatoms. The van der Waals surface area contributed by atoms with Crippen LogP contribution in [-0.2, 0) is 22.6 Å². The van der Waals surface area contributed by atoms with E-state index in [1.54, 1.807) is 50.2 Å². The Labute approximate surface area is 167 Å². The van der Waals surface area contributed by atoms with Crippen molar-refractivity contribution in [2.45, 2.75) is 39.1 Å². The summed E-state index contributed by atoms with van der Waals surface area (Å²) in [6, 6.07) is 12.9. The molecule has 1 atom stereocenters. The number of halogens is 1. The van der Waals surface area contributed by atoms with Crippen LogP contribution in [0.3, 0.4) is 0 Å². The van der Waals surface area contributed by atoms with Gasteiger partial charge in [0.1, 0.15) is 11.6 Å². The summed E-state index contributed by atoms with van der Waals surface area (Å²) >= 11 is 0. The molecule has 0 amide bonds. The summed E-state index contributed by atoms with van der Waals surface area (Å²) in [5.74, 6) is -0.275. The minimum atomic E-state index is -0.995. The minimum absolute atomic E-state index is 0.0758. The Morgan fingerprint density at radius 1 is 1.21 bits per heavy atom. The first-order valence-electron chi connectivity index (χ1n) is 9.09. The molecule has 0 saturated carbocycles. The second-order valence-electron chi connectivity index (χ2n) is 6.67. The number of benzene rings is 2. The first-order valence-corrected chi connectivity index (χ1v) is 9.09. The van der Waals surface area contributed by atoms with Crippen molar-refractivity contribution in [1.29, 1.82) is 0 Å². The van der Waals surface area contributed by atoms with E-state index in [4.69, 9.17) is 14.0 Å². The van der Waals surface area contributed by atoms with Gasteiger partial charge < -0.3 is 19.1 Å². The topological polar surface area (TPSA) is 94.7 Å². The summed E-state index contributed by atoms with van der Waals surface area (Å²) in [7, 11) is 0. The van der Waals surface area contributed by atoms with Crippen LogP contribution in [0.4, 0.5) is 4.39 Å². The van der Waals surface area contributed by atoms with Crippen LogP contribution in [0.15, 0.2) is 53.1 Å². The SMILES string of the molecule is CC(C)OC(Cc1ccc(OCc2noc(-c3cccc(F)c3)n2)cc1)C(=O)O. The molecule has 0 fully saturated rings. The van der Waals surface area contributed by atoms with Crippen molar-refractivity contribution < 1.29 is 28.3 Å². The highest BCUT2D eigenvalue weighted by atomic mass is 19.1. The molecule has 0 radical (unpaired) electrons. The lowest BCUT2D eigenvalue weighted by atomic mass is 10.1. The predicted octanol–water partition coefficient (Wildman–Crippen LogP) is 3.88. The number of carboxylic acid groups (broad SMARTS) is 1. The van der Waals surface area contributed by atoms with E-state index in [2.05, 4.69) is 10.1 Å². The van der Waals surface area contributed by atoms with E-state index < -0.39 is 12.1 Å².